The Morgan fingerprint density at radius 1 is 1.22 bits per heavy atom. The van der Waals surface area contributed by atoms with Crippen molar-refractivity contribution < 1.29 is 130 Å². The molecule has 0 radical (unpaired) electrons. The second-order valence-electron chi connectivity index (χ2n) is 0.544. The third-order valence-corrected chi connectivity index (χ3v) is 0.333. The van der Waals surface area contributed by atoms with E-state index in [-0.39, 0.29) is 103 Å². The third kappa shape index (κ3) is 18.2. The van der Waals surface area contributed by atoms with Gasteiger partial charge in [-0.25, -0.2) is 8.42 Å². The van der Waals surface area contributed by atoms with Gasteiger partial charge < -0.3 is 9.81 Å². The molecule has 0 unspecified atom stereocenters. The Hall–Kier alpha value is 3.06. The first kappa shape index (κ1) is 18.0. The molecule has 0 aliphatic carbocycles. The van der Waals surface area contributed by atoms with E-state index in [1.807, 2.05) is 0 Å². The molecule has 9 heteroatoms. The summed E-state index contributed by atoms with van der Waals surface area (Å²) in [6.45, 7) is 0. The molecule has 0 fully saturated rings. The summed E-state index contributed by atoms with van der Waals surface area (Å²) >= 11 is 0. The van der Waals surface area contributed by atoms with Crippen molar-refractivity contribution in [2.75, 3.05) is 0 Å². The normalized spacial score (nSPS) is 9.11. The SMILES string of the molecule is O=S(=O)([O-])OO[O-].[K+].[K+]. The molecule has 0 aromatic heterocycles. The molecule has 0 aliphatic rings. The second kappa shape index (κ2) is 9.15. The molecule has 6 nitrogen and oxygen atoms in total. The van der Waals surface area contributed by atoms with E-state index in [4.69, 9.17) is 18.2 Å². The average Bonchev–Trinajstić information content (AvgIpc) is 1.30. The van der Waals surface area contributed by atoms with Gasteiger partial charge in [-0.1, -0.05) is 0 Å². The molecule has 0 heterocycles. The first-order valence-electron chi connectivity index (χ1n) is 1.00. The zero-order chi connectivity index (χ0) is 5.91. The fourth-order valence-electron chi connectivity index (χ4n) is 0.0340. The third-order valence-electron chi connectivity index (χ3n) is 0.111. The van der Waals surface area contributed by atoms with Gasteiger partial charge in [0.1, 0.15) is 0 Å². The molecule has 0 bridgehead atoms. The molecule has 0 spiro atoms. The molecule has 0 rings (SSSR count). The molecule has 0 saturated carbocycles. The van der Waals surface area contributed by atoms with E-state index in [9.17, 15) is 0 Å². The Kier molecular flexibility index (Phi) is 18.3. The van der Waals surface area contributed by atoms with Gasteiger partial charge >= 0.3 is 103 Å². The van der Waals surface area contributed by atoms with Crippen LogP contribution in [0, 0.1) is 0 Å². The van der Waals surface area contributed by atoms with Crippen molar-refractivity contribution >= 4 is 10.4 Å². The maximum Gasteiger partial charge on any atom is 1.00 e. The van der Waals surface area contributed by atoms with Gasteiger partial charge in [0, 0.05) is 0 Å². The summed E-state index contributed by atoms with van der Waals surface area (Å²) in [6.07, 6.45) is 0. The van der Waals surface area contributed by atoms with Crippen LogP contribution in [0.2, 0.25) is 0 Å². The predicted octanol–water partition coefficient (Wildman–Crippen LogP) is -8.32. The minimum Gasteiger partial charge on any atom is -0.724 e. The van der Waals surface area contributed by atoms with E-state index in [1.165, 1.54) is 0 Å². The largest absolute Gasteiger partial charge is 1.00 e. The van der Waals surface area contributed by atoms with Crippen LogP contribution >= 0.6 is 0 Å². The zero-order valence-electron chi connectivity index (χ0n) is 4.86. The summed E-state index contributed by atoms with van der Waals surface area (Å²) in [7, 11) is -4.96. The van der Waals surface area contributed by atoms with Crippen LogP contribution < -0.4 is 108 Å². The van der Waals surface area contributed by atoms with Gasteiger partial charge in [-0.2, -0.15) is 0 Å². The van der Waals surface area contributed by atoms with Crippen LogP contribution in [0.5, 0.6) is 0 Å². The number of rotatable bonds is 2. The van der Waals surface area contributed by atoms with Gasteiger partial charge in [0.15, 0.2) is 0 Å². The van der Waals surface area contributed by atoms with Crippen LogP contribution in [0.1, 0.15) is 0 Å². The molecule has 0 saturated heterocycles. The van der Waals surface area contributed by atoms with Crippen molar-refractivity contribution in [3.05, 3.63) is 0 Å². The monoisotopic (exact) mass is 206 g/mol. The zero-order valence-corrected chi connectivity index (χ0v) is 11.9. The van der Waals surface area contributed by atoms with E-state index in [0.29, 0.717) is 0 Å². The van der Waals surface area contributed by atoms with E-state index >= 15 is 0 Å². The van der Waals surface area contributed by atoms with Crippen molar-refractivity contribution in [1.82, 2.24) is 0 Å². The van der Waals surface area contributed by atoms with Gasteiger partial charge in [-0.15, -0.1) is 4.33 Å². The van der Waals surface area contributed by atoms with E-state index in [0.717, 1.165) is 0 Å². The molecule has 44 valence electrons. The molecule has 0 atom stereocenters. The van der Waals surface area contributed by atoms with Gasteiger partial charge in [0.2, 0.25) is 10.4 Å². The van der Waals surface area contributed by atoms with E-state index in [1.54, 1.807) is 0 Å². The predicted molar refractivity (Wildman–Crippen MR) is 11.9 cm³/mol. The summed E-state index contributed by atoms with van der Waals surface area (Å²) in [6, 6.07) is 0. The van der Waals surface area contributed by atoms with Gasteiger partial charge in [0.25, 0.3) is 0 Å². The van der Waals surface area contributed by atoms with Crippen LogP contribution in [-0.2, 0) is 19.8 Å². The van der Waals surface area contributed by atoms with Crippen molar-refractivity contribution in [2.45, 2.75) is 0 Å². The molecule has 0 N–H and O–H groups in total. The summed E-state index contributed by atoms with van der Waals surface area (Å²) in [4.78, 5) is 0. The molecular weight excluding hydrogens is 206 g/mol. The second-order valence-corrected chi connectivity index (χ2v) is 1.50. The van der Waals surface area contributed by atoms with Crippen LogP contribution in [0.15, 0.2) is 0 Å². The van der Waals surface area contributed by atoms with Crippen molar-refractivity contribution in [3.8, 4) is 0 Å². The van der Waals surface area contributed by atoms with Crippen LogP contribution in [0.4, 0.5) is 0 Å². The molecular formula is K2O6S. The van der Waals surface area contributed by atoms with E-state index in [2.05, 4.69) is 9.37 Å². The van der Waals surface area contributed by atoms with Crippen molar-refractivity contribution in [1.29, 1.82) is 0 Å². The fourth-order valence-corrected chi connectivity index (χ4v) is 0.102. The molecule has 9 heavy (non-hydrogen) atoms. The van der Waals surface area contributed by atoms with Crippen LogP contribution in [-0.4, -0.2) is 13.0 Å². The summed E-state index contributed by atoms with van der Waals surface area (Å²) < 4.78 is 30.0. The Morgan fingerprint density at radius 3 is 1.56 bits per heavy atom. The average molecular weight is 206 g/mol. The summed E-state index contributed by atoms with van der Waals surface area (Å²) in [5.41, 5.74) is 0. The minimum absolute atomic E-state index is 0. The van der Waals surface area contributed by atoms with Crippen molar-refractivity contribution in [3.63, 3.8) is 0 Å². The van der Waals surface area contributed by atoms with Crippen LogP contribution in [0.25, 0.3) is 0 Å². The first-order valence-corrected chi connectivity index (χ1v) is 2.33. The van der Waals surface area contributed by atoms with E-state index < -0.39 is 10.4 Å². The Morgan fingerprint density at radius 2 is 1.56 bits per heavy atom. The standard InChI is InChI=1S/2K.H2O6S/c;;1-5-6-7(2,3)4/h;;1H,(H,2,3,4)/q2*+1;/p-2. The summed E-state index contributed by atoms with van der Waals surface area (Å²) in [5.74, 6) is 0. The smallest absolute Gasteiger partial charge is 0.724 e. The van der Waals surface area contributed by atoms with Gasteiger partial charge in [-0.05, 0) is 0 Å². The molecule has 0 aliphatic heterocycles. The van der Waals surface area contributed by atoms with Crippen molar-refractivity contribution in [2.24, 2.45) is 0 Å². The van der Waals surface area contributed by atoms with Crippen LogP contribution in [0.3, 0.4) is 0 Å². The summed E-state index contributed by atoms with van der Waals surface area (Å²) in [5, 5.41) is 10.9. The Labute approximate surface area is 137 Å². The molecule has 0 aromatic carbocycles. The Bertz CT molecular complexity index is 124. The first-order chi connectivity index (χ1) is 3.06. The quantitative estimate of drug-likeness (QED) is 0.146. The Balaban J connectivity index is -0.000000180. The minimum atomic E-state index is -4.96. The van der Waals surface area contributed by atoms with Gasteiger partial charge in [0.05, 0.1) is 0 Å². The topological polar surface area (TPSA) is 98.7 Å². The maximum atomic E-state index is 9.13. The number of hydrogen-bond acceptors (Lipinski definition) is 6. The van der Waals surface area contributed by atoms with Gasteiger partial charge in [-0.3, -0.25) is 5.04 Å². The number of hydrogen-bond donors (Lipinski definition) is 0. The molecule has 0 aromatic rings. The maximum absolute atomic E-state index is 9.13. The fraction of sp³-hybridized carbons (Fsp3) is 0. The molecule has 0 amide bonds.